The van der Waals surface area contributed by atoms with Crippen LogP contribution in [0.15, 0.2) is 48.8 Å². The molecule has 1 aromatic carbocycles. The van der Waals surface area contributed by atoms with Gasteiger partial charge in [-0.3, -0.25) is 19.5 Å². The van der Waals surface area contributed by atoms with Crippen LogP contribution in [0.2, 0.25) is 0 Å². The van der Waals surface area contributed by atoms with Crippen molar-refractivity contribution in [1.82, 2.24) is 20.1 Å². The van der Waals surface area contributed by atoms with Gasteiger partial charge in [-0.25, -0.2) is 4.39 Å². The van der Waals surface area contributed by atoms with Crippen LogP contribution in [-0.2, 0) is 16.1 Å². The molecule has 2 aromatic rings. The Balaban J connectivity index is 1.54. The van der Waals surface area contributed by atoms with E-state index in [9.17, 15) is 14.0 Å². The Hall–Kier alpha value is -2.88. The number of halogens is 1. The Bertz CT molecular complexity index is 969. The number of rotatable bonds is 9. The number of carbonyl (C=O) groups is 2. The lowest BCUT2D eigenvalue weighted by Crippen LogP contribution is -2.58. The summed E-state index contributed by atoms with van der Waals surface area (Å²) in [5.41, 5.74) is 7.07. The average Bonchev–Trinajstić information content (AvgIpc) is 3.41. The van der Waals surface area contributed by atoms with Crippen LogP contribution in [0.4, 0.5) is 4.39 Å². The summed E-state index contributed by atoms with van der Waals surface area (Å²) in [6.07, 6.45) is 6.54. The van der Waals surface area contributed by atoms with Crippen LogP contribution >= 0.6 is 0 Å². The first kappa shape index (κ1) is 25.2. The van der Waals surface area contributed by atoms with Gasteiger partial charge >= 0.3 is 0 Å². The van der Waals surface area contributed by atoms with Gasteiger partial charge < -0.3 is 20.7 Å². The molecular formula is C26H34FN5O3. The molecule has 2 amide bonds. The molecule has 2 fully saturated rings. The Morgan fingerprint density at radius 3 is 2.74 bits per heavy atom. The van der Waals surface area contributed by atoms with E-state index in [0.717, 1.165) is 38.0 Å². The number of piperidine rings is 1. The van der Waals surface area contributed by atoms with Gasteiger partial charge in [0.05, 0.1) is 11.7 Å². The zero-order valence-electron chi connectivity index (χ0n) is 19.9. The molecule has 2 unspecified atom stereocenters. The first-order chi connectivity index (χ1) is 17.0. The number of ether oxygens (including phenoxy) is 1. The van der Waals surface area contributed by atoms with E-state index in [2.05, 4.69) is 15.2 Å². The van der Waals surface area contributed by atoms with Crippen molar-refractivity contribution in [2.45, 2.75) is 50.4 Å². The second-order valence-electron chi connectivity index (χ2n) is 9.20. The van der Waals surface area contributed by atoms with Crippen molar-refractivity contribution in [2.24, 2.45) is 5.73 Å². The van der Waals surface area contributed by atoms with E-state index >= 15 is 0 Å². The highest BCUT2D eigenvalue weighted by Gasteiger charge is 2.39. The Kier molecular flexibility index (Phi) is 8.79. The van der Waals surface area contributed by atoms with Gasteiger partial charge in [-0.2, -0.15) is 0 Å². The number of aromatic nitrogens is 1. The largest absolute Gasteiger partial charge is 0.377 e. The molecule has 2 aliphatic rings. The van der Waals surface area contributed by atoms with Gasteiger partial charge in [0.25, 0.3) is 5.91 Å². The van der Waals surface area contributed by atoms with Gasteiger partial charge in [-0.1, -0.05) is 12.1 Å². The fourth-order valence-corrected chi connectivity index (χ4v) is 4.96. The number of amides is 2. The van der Waals surface area contributed by atoms with Gasteiger partial charge in [0.15, 0.2) is 0 Å². The number of pyridine rings is 1. The van der Waals surface area contributed by atoms with E-state index in [1.165, 1.54) is 18.3 Å². The van der Waals surface area contributed by atoms with Crippen molar-refractivity contribution >= 4 is 11.8 Å². The third kappa shape index (κ3) is 6.62. The minimum Gasteiger partial charge on any atom is -0.377 e. The predicted octanol–water partition coefficient (Wildman–Crippen LogP) is 1.95. The quantitative estimate of drug-likeness (QED) is 0.566. The summed E-state index contributed by atoms with van der Waals surface area (Å²) in [6, 6.07) is 9.41. The molecule has 0 radical (unpaired) electrons. The lowest BCUT2D eigenvalue weighted by molar-refractivity contribution is -0.127. The van der Waals surface area contributed by atoms with Gasteiger partial charge in [0, 0.05) is 57.8 Å². The lowest BCUT2D eigenvalue weighted by atomic mass is 9.93. The van der Waals surface area contributed by atoms with Gasteiger partial charge in [0.2, 0.25) is 5.91 Å². The second-order valence-corrected chi connectivity index (χ2v) is 9.20. The van der Waals surface area contributed by atoms with Crippen LogP contribution in [-0.4, -0.2) is 77.6 Å². The SMILES string of the molecule is NCCNC(=O)[C@H]1CC(N(Cc2ccc(F)cc2)CC2CCCO2)CCN1C(=O)c1cccnc1. The molecule has 0 bridgehead atoms. The van der Waals surface area contributed by atoms with E-state index in [1.54, 1.807) is 35.4 Å². The lowest BCUT2D eigenvalue weighted by Gasteiger charge is -2.43. The Morgan fingerprint density at radius 1 is 1.23 bits per heavy atom. The highest BCUT2D eigenvalue weighted by molar-refractivity contribution is 5.97. The van der Waals surface area contributed by atoms with Crippen LogP contribution in [0.3, 0.4) is 0 Å². The monoisotopic (exact) mass is 483 g/mol. The molecule has 188 valence electrons. The predicted molar refractivity (Wildman–Crippen MR) is 130 cm³/mol. The molecule has 8 nitrogen and oxygen atoms in total. The van der Waals surface area contributed by atoms with E-state index in [0.29, 0.717) is 38.2 Å². The number of carbonyl (C=O) groups excluding carboxylic acids is 2. The van der Waals surface area contributed by atoms with Crippen LogP contribution < -0.4 is 11.1 Å². The maximum Gasteiger partial charge on any atom is 0.256 e. The molecule has 35 heavy (non-hydrogen) atoms. The summed E-state index contributed by atoms with van der Waals surface area (Å²) in [6.45, 7) is 3.24. The Labute approximate surface area is 205 Å². The number of hydrogen-bond acceptors (Lipinski definition) is 6. The minimum atomic E-state index is -0.617. The first-order valence-corrected chi connectivity index (χ1v) is 12.3. The second kappa shape index (κ2) is 12.2. The summed E-state index contributed by atoms with van der Waals surface area (Å²) < 4.78 is 19.4. The van der Waals surface area contributed by atoms with E-state index in [4.69, 9.17) is 10.5 Å². The maximum absolute atomic E-state index is 13.5. The number of nitrogens with zero attached hydrogens (tertiary/aromatic N) is 3. The fourth-order valence-electron chi connectivity index (χ4n) is 4.96. The third-order valence-corrected chi connectivity index (χ3v) is 6.77. The number of hydrogen-bond donors (Lipinski definition) is 2. The normalized spacial score (nSPS) is 22.4. The molecule has 3 N–H and O–H groups in total. The van der Waals surface area contributed by atoms with Gasteiger partial charge in [0.1, 0.15) is 11.9 Å². The molecule has 4 rings (SSSR count). The van der Waals surface area contributed by atoms with Gasteiger partial charge in [-0.15, -0.1) is 0 Å². The van der Waals surface area contributed by atoms with Crippen molar-refractivity contribution in [2.75, 3.05) is 32.8 Å². The molecule has 0 saturated carbocycles. The molecule has 3 heterocycles. The standard InChI is InChI=1S/C26H34FN5O3/c27-21-7-5-19(6-8-21)17-31(18-23-4-2-14-35-23)22-9-13-32(24(15-22)25(33)30-12-10-28)26(34)20-3-1-11-29-16-20/h1,3,5-8,11,16,22-24H,2,4,9-10,12-15,17-18,28H2,(H,30,33)/t22?,23?,24-/m1/s1. The molecule has 1 aromatic heterocycles. The molecule has 0 aliphatic carbocycles. The summed E-state index contributed by atoms with van der Waals surface area (Å²) in [4.78, 5) is 34.5. The van der Waals surface area contributed by atoms with Crippen LogP contribution in [0.5, 0.6) is 0 Å². The maximum atomic E-state index is 13.5. The zero-order chi connectivity index (χ0) is 24.6. The van der Waals surface area contributed by atoms with Crippen molar-refractivity contribution in [3.8, 4) is 0 Å². The molecule has 2 aliphatic heterocycles. The minimum absolute atomic E-state index is 0.0656. The number of likely N-dealkylation sites (tertiary alicyclic amines) is 1. The Morgan fingerprint density at radius 2 is 2.06 bits per heavy atom. The molecule has 2 saturated heterocycles. The summed E-state index contributed by atoms with van der Waals surface area (Å²) in [5.74, 6) is -0.664. The van der Waals surface area contributed by atoms with Crippen LogP contribution in [0, 0.1) is 5.82 Å². The molecule has 3 atom stereocenters. The number of nitrogens with two attached hydrogens (primary N) is 1. The smallest absolute Gasteiger partial charge is 0.256 e. The van der Waals surface area contributed by atoms with Gasteiger partial charge in [-0.05, 0) is 55.5 Å². The first-order valence-electron chi connectivity index (χ1n) is 12.3. The molecule has 9 heteroatoms. The van der Waals surface area contributed by atoms with E-state index < -0.39 is 6.04 Å². The van der Waals surface area contributed by atoms with E-state index in [-0.39, 0.29) is 29.8 Å². The topological polar surface area (TPSA) is 101 Å². The highest BCUT2D eigenvalue weighted by atomic mass is 19.1. The highest BCUT2D eigenvalue weighted by Crippen LogP contribution is 2.27. The fraction of sp³-hybridized carbons (Fsp3) is 0.500. The van der Waals surface area contributed by atoms with Crippen molar-refractivity contribution in [1.29, 1.82) is 0 Å². The number of nitrogens with one attached hydrogen (secondary N) is 1. The van der Waals surface area contributed by atoms with E-state index in [1.807, 2.05) is 0 Å². The summed E-state index contributed by atoms with van der Waals surface area (Å²) >= 11 is 0. The van der Waals surface area contributed by atoms with Crippen molar-refractivity contribution in [3.05, 3.63) is 65.7 Å². The molecule has 0 spiro atoms. The summed E-state index contributed by atoms with van der Waals surface area (Å²) in [5, 5.41) is 2.87. The van der Waals surface area contributed by atoms with Crippen molar-refractivity contribution < 1.29 is 18.7 Å². The summed E-state index contributed by atoms with van der Waals surface area (Å²) in [7, 11) is 0. The average molecular weight is 484 g/mol. The molecular weight excluding hydrogens is 449 g/mol. The third-order valence-electron chi connectivity index (χ3n) is 6.77. The van der Waals surface area contributed by atoms with Crippen molar-refractivity contribution in [3.63, 3.8) is 0 Å². The van der Waals surface area contributed by atoms with Crippen LogP contribution in [0.1, 0.15) is 41.6 Å². The number of benzene rings is 1. The van der Waals surface area contributed by atoms with Crippen LogP contribution in [0.25, 0.3) is 0 Å². The zero-order valence-corrected chi connectivity index (χ0v) is 19.9.